The van der Waals surface area contributed by atoms with Crippen LogP contribution in [0.4, 0.5) is 13.2 Å². The van der Waals surface area contributed by atoms with Crippen LogP contribution in [0.3, 0.4) is 0 Å². The fourth-order valence-electron chi connectivity index (χ4n) is 2.32. The Labute approximate surface area is 127 Å². The lowest BCUT2D eigenvalue weighted by Crippen LogP contribution is -2.27. The Kier molecular flexibility index (Phi) is 4.77. The fraction of sp³-hybridized carbons (Fsp3) is 0.533. The number of hydrogen-bond acceptors (Lipinski definition) is 3. The number of imidazole rings is 1. The number of hydrogen-bond donors (Lipinski definition) is 2. The maximum absolute atomic E-state index is 12.8. The van der Waals surface area contributed by atoms with Gasteiger partial charge in [0, 0.05) is 20.2 Å². The van der Waals surface area contributed by atoms with Gasteiger partial charge in [-0.2, -0.15) is 13.2 Å². The third-order valence-corrected chi connectivity index (χ3v) is 3.71. The summed E-state index contributed by atoms with van der Waals surface area (Å²) < 4.78 is 40.1. The molecule has 0 aliphatic rings. The van der Waals surface area contributed by atoms with Crippen LogP contribution < -0.4 is 5.32 Å². The second-order valence-electron chi connectivity index (χ2n) is 5.65. The van der Waals surface area contributed by atoms with Crippen molar-refractivity contribution < 1.29 is 18.3 Å². The number of halogens is 3. The molecule has 0 fully saturated rings. The molecule has 1 aromatic heterocycles. The molecule has 0 aliphatic heterocycles. The van der Waals surface area contributed by atoms with Gasteiger partial charge in [0.2, 0.25) is 0 Å². The van der Waals surface area contributed by atoms with Crippen molar-refractivity contribution in [2.45, 2.75) is 26.1 Å². The van der Waals surface area contributed by atoms with Crippen molar-refractivity contribution in [3.05, 3.63) is 29.6 Å². The quantitative estimate of drug-likeness (QED) is 0.892. The number of benzene rings is 1. The second kappa shape index (κ2) is 6.26. The van der Waals surface area contributed by atoms with E-state index in [0.717, 1.165) is 12.1 Å². The van der Waals surface area contributed by atoms with E-state index >= 15 is 0 Å². The van der Waals surface area contributed by atoms with E-state index in [1.165, 1.54) is 6.07 Å². The molecule has 22 heavy (non-hydrogen) atoms. The Morgan fingerprint density at radius 1 is 1.32 bits per heavy atom. The Morgan fingerprint density at radius 3 is 2.59 bits per heavy atom. The summed E-state index contributed by atoms with van der Waals surface area (Å²) in [6, 6.07) is 3.46. The van der Waals surface area contributed by atoms with Crippen molar-refractivity contribution in [1.29, 1.82) is 0 Å². The first-order valence-electron chi connectivity index (χ1n) is 7.11. The van der Waals surface area contributed by atoms with Gasteiger partial charge >= 0.3 is 6.18 Å². The van der Waals surface area contributed by atoms with E-state index in [4.69, 9.17) is 5.11 Å². The minimum atomic E-state index is -4.37. The molecule has 0 saturated heterocycles. The maximum Gasteiger partial charge on any atom is 0.416 e. The molecule has 4 nitrogen and oxygen atoms in total. The smallest absolute Gasteiger partial charge is 0.396 e. The number of aromatic nitrogens is 2. The van der Waals surface area contributed by atoms with E-state index in [1.54, 1.807) is 11.6 Å². The number of nitrogens with one attached hydrogen (secondary N) is 1. The predicted octanol–water partition coefficient (Wildman–Crippen LogP) is 2.87. The van der Waals surface area contributed by atoms with Gasteiger partial charge in [0.25, 0.3) is 0 Å². The zero-order chi connectivity index (χ0) is 16.5. The zero-order valence-electron chi connectivity index (χ0n) is 12.8. The third kappa shape index (κ3) is 3.41. The first kappa shape index (κ1) is 16.8. The highest BCUT2D eigenvalue weighted by atomic mass is 19.4. The summed E-state index contributed by atoms with van der Waals surface area (Å²) in [5, 5.41) is 12.3. The molecule has 7 heteroatoms. The molecule has 0 amide bonds. The van der Waals surface area contributed by atoms with Gasteiger partial charge in [0.1, 0.15) is 5.82 Å². The highest BCUT2D eigenvalue weighted by molar-refractivity contribution is 5.77. The lowest BCUT2D eigenvalue weighted by atomic mass is 10.2. The van der Waals surface area contributed by atoms with Crippen molar-refractivity contribution >= 4 is 11.0 Å². The highest BCUT2D eigenvalue weighted by Crippen LogP contribution is 2.31. The number of aliphatic hydroxyl groups is 1. The molecule has 0 unspecified atom stereocenters. The van der Waals surface area contributed by atoms with E-state index in [9.17, 15) is 13.2 Å². The lowest BCUT2D eigenvalue weighted by Gasteiger charge is -2.16. The molecule has 2 atom stereocenters. The van der Waals surface area contributed by atoms with Crippen molar-refractivity contribution in [3.63, 3.8) is 0 Å². The van der Waals surface area contributed by atoms with Gasteiger partial charge in [-0.1, -0.05) is 6.92 Å². The first-order chi connectivity index (χ1) is 10.2. The molecule has 1 aromatic carbocycles. The van der Waals surface area contributed by atoms with Crippen LogP contribution in [-0.2, 0) is 13.2 Å². The van der Waals surface area contributed by atoms with Crippen molar-refractivity contribution in [1.82, 2.24) is 14.9 Å². The van der Waals surface area contributed by atoms with Gasteiger partial charge < -0.3 is 15.0 Å². The summed E-state index contributed by atoms with van der Waals surface area (Å²) in [6.45, 7) is 4.49. The average Bonchev–Trinajstić information content (AvgIpc) is 2.80. The molecule has 0 aliphatic carbocycles. The van der Waals surface area contributed by atoms with E-state index in [2.05, 4.69) is 10.3 Å². The van der Waals surface area contributed by atoms with E-state index in [-0.39, 0.29) is 18.6 Å². The number of aryl methyl sites for hydroxylation is 1. The standard InChI is InChI=1S/C15H20F3N3O/c1-9(8-22)7-19-10(2)14-20-12-6-11(15(16,17)18)4-5-13(12)21(14)3/h4-6,9-10,19,22H,7-8H2,1-3H3/t9-,10+/m0/s1. The zero-order valence-corrected chi connectivity index (χ0v) is 12.8. The van der Waals surface area contributed by atoms with Crippen LogP contribution >= 0.6 is 0 Å². The maximum atomic E-state index is 12.8. The van der Waals surface area contributed by atoms with Crippen LogP contribution in [-0.4, -0.2) is 27.8 Å². The van der Waals surface area contributed by atoms with Gasteiger partial charge in [0.05, 0.1) is 22.6 Å². The van der Waals surface area contributed by atoms with Crippen LogP contribution in [0.5, 0.6) is 0 Å². The summed E-state index contributed by atoms with van der Waals surface area (Å²) >= 11 is 0. The molecule has 0 spiro atoms. The van der Waals surface area contributed by atoms with Gasteiger partial charge in [-0.25, -0.2) is 4.98 Å². The van der Waals surface area contributed by atoms with E-state index < -0.39 is 11.7 Å². The summed E-state index contributed by atoms with van der Waals surface area (Å²) in [6.07, 6.45) is -4.37. The molecule has 122 valence electrons. The van der Waals surface area contributed by atoms with Gasteiger partial charge in [0.15, 0.2) is 0 Å². The van der Waals surface area contributed by atoms with Crippen molar-refractivity contribution in [2.75, 3.05) is 13.2 Å². The van der Waals surface area contributed by atoms with Crippen LogP contribution in [0.25, 0.3) is 11.0 Å². The summed E-state index contributed by atoms with van der Waals surface area (Å²) in [4.78, 5) is 4.33. The van der Waals surface area contributed by atoms with Crippen LogP contribution in [0.2, 0.25) is 0 Å². The second-order valence-corrected chi connectivity index (χ2v) is 5.65. The van der Waals surface area contributed by atoms with Gasteiger partial charge in [-0.15, -0.1) is 0 Å². The van der Waals surface area contributed by atoms with Crippen molar-refractivity contribution in [3.8, 4) is 0 Å². The Balaban J connectivity index is 2.29. The Morgan fingerprint density at radius 2 is 2.00 bits per heavy atom. The van der Waals surface area contributed by atoms with Crippen LogP contribution in [0, 0.1) is 5.92 Å². The molecule has 0 saturated carbocycles. The predicted molar refractivity (Wildman–Crippen MR) is 78.4 cm³/mol. The number of rotatable bonds is 5. The molecular weight excluding hydrogens is 295 g/mol. The normalized spacial score (nSPS) is 15.2. The molecule has 2 N–H and O–H groups in total. The molecule has 2 rings (SSSR count). The van der Waals surface area contributed by atoms with E-state index in [0.29, 0.717) is 23.4 Å². The SMILES string of the molecule is C[C@H](CO)CN[C@H](C)c1nc2cc(C(F)(F)F)ccc2n1C. The van der Waals surface area contributed by atoms with Gasteiger partial charge in [-0.3, -0.25) is 0 Å². The molecule has 0 radical (unpaired) electrons. The summed E-state index contributed by atoms with van der Waals surface area (Å²) in [5.74, 6) is 0.772. The topological polar surface area (TPSA) is 50.1 Å². The summed E-state index contributed by atoms with van der Waals surface area (Å²) in [5.41, 5.74) is 0.294. The van der Waals surface area contributed by atoms with Crippen molar-refractivity contribution in [2.24, 2.45) is 13.0 Å². The monoisotopic (exact) mass is 315 g/mol. The Bertz CT molecular complexity index is 651. The van der Waals surface area contributed by atoms with Gasteiger partial charge in [-0.05, 0) is 31.0 Å². The third-order valence-electron chi connectivity index (χ3n) is 3.71. The number of fused-ring (bicyclic) bond motifs is 1. The summed E-state index contributed by atoms with van der Waals surface area (Å²) in [7, 11) is 1.78. The van der Waals surface area contributed by atoms with Crippen LogP contribution in [0.15, 0.2) is 18.2 Å². The minimum Gasteiger partial charge on any atom is -0.396 e. The van der Waals surface area contributed by atoms with Crippen LogP contribution in [0.1, 0.15) is 31.3 Å². The highest BCUT2D eigenvalue weighted by Gasteiger charge is 2.31. The molecule has 1 heterocycles. The largest absolute Gasteiger partial charge is 0.416 e. The average molecular weight is 315 g/mol. The Hall–Kier alpha value is -1.60. The molecule has 2 aromatic rings. The van der Waals surface area contributed by atoms with E-state index in [1.807, 2.05) is 13.8 Å². The molecular formula is C15H20F3N3O. The fourth-order valence-corrected chi connectivity index (χ4v) is 2.32. The lowest BCUT2D eigenvalue weighted by molar-refractivity contribution is -0.137. The first-order valence-corrected chi connectivity index (χ1v) is 7.11. The number of aliphatic hydroxyl groups excluding tert-OH is 1. The number of alkyl halides is 3. The number of nitrogens with zero attached hydrogens (tertiary/aromatic N) is 2. The minimum absolute atomic E-state index is 0.0806. The molecule has 0 bridgehead atoms.